The summed E-state index contributed by atoms with van der Waals surface area (Å²) in [6.07, 6.45) is 1.73. The van der Waals surface area contributed by atoms with E-state index in [1.165, 1.54) is 0 Å². The molecule has 1 fully saturated rings. The maximum absolute atomic E-state index is 6.73. The predicted molar refractivity (Wildman–Crippen MR) is 176 cm³/mol. The molecule has 0 amide bonds. The molecule has 1 aliphatic rings. The molecule has 45 heavy (non-hydrogen) atoms. The first-order chi connectivity index (χ1) is 22.2. The van der Waals surface area contributed by atoms with Crippen molar-refractivity contribution in [2.24, 2.45) is 0 Å². The molecule has 6 atom stereocenters. The van der Waals surface area contributed by atoms with Crippen LogP contribution in [-0.2, 0) is 53.0 Å². The lowest BCUT2D eigenvalue weighted by Crippen LogP contribution is -2.67. The molecule has 7 nitrogen and oxygen atoms in total. The first kappa shape index (κ1) is 34.5. The molecule has 0 bridgehead atoms. The minimum absolute atomic E-state index is 0.289. The van der Waals surface area contributed by atoms with Gasteiger partial charge in [-0.1, -0.05) is 109 Å². The molecule has 1 aliphatic carbocycles. The molecule has 3 aromatic carbocycles. The van der Waals surface area contributed by atoms with Crippen LogP contribution in [-0.4, -0.2) is 69.7 Å². The molecule has 3 aromatic rings. The Morgan fingerprint density at radius 1 is 0.400 bits per heavy atom. The first-order valence-corrected chi connectivity index (χ1v) is 15.5. The van der Waals surface area contributed by atoms with Crippen LogP contribution in [0.1, 0.15) is 16.7 Å². The highest BCUT2D eigenvalue weighted by Crippen LogP contribution is 2.35. The second-order valence-corrected chi connectivity index (χ2v) is 10.7. The average Bonchev–Trinajstić information content (AvgIpc) is 3.09. The second-order valence-electron chi connectivity index (χ2n) is 10.7. The van der Waals surface area contributed by atoms with Crippen LogP contribution in [0.2, 0.25) is 0 Å². The lowest BCUT2D eigenvalue weighted by atomic mass is 9.83. The summed E-state index contributed by atoms with van der Waals surface area (Å²) in [7, 11) is 0. The molecule has 1 saturated carbocycles. The van der Waals surface area contributed by atoms with E-state index in [9.17, 15) is 0 Å². The Morgan fingerprint density at radius 3 is 1.09 bits per heavy atom. The summed E-state index contributed by atoms with van der Waals surface area (Å²) < 4.78 is 45.3. The van der Waals surface area contributed by atoms with Gasteiger partial charge in [0.2, 0.25) is 0 Å². The maximum atomic E-state index is 6.73. The van der Waals surface area contributed by atoms with Crippen LogP contribution in [0.15, 0.2) is 129 Å². The molecule has 0 unspecified atom stereocenters. The normalized spacial score (nSPS) is 22.9. The lowest BCUT2D eigenvalue weighted by Gasteiger charge is -2.49. The van der Waals surface area contributed by atoms with Gasteiger partial charge in [0.1, 0.15) is 36.6 Å². The van der Waals surface area contributed by atoms with Crippen LogP contribution in [0.4, 0.5) is 0 Å². The molecular weight excluding hydrogens is 568 g/mol. The Kier molecular flexibility index (Phi) is 15.2. The Morgan fingerprint density at radius 2 is 0.733 bits per heavy atom. The summed E-state index contributed by atoms with van der Waals surface area (Å²) in [6.45, 7) is 14.3. The van der Waals surface area contributed by atoms with E-state index in [1.807, 2.05) is 91.0 Å². The average molecular weight is 615 g/mol. The van der Waals surface area contributed by atoms with Crippen LogP contribution in [0.25, 0.3) is 0 Å². The molecule has 0 aliphatic heterocycles. The highest BCUT2D eigenvalue weighted by Gasteiger charge is 2.55. The molecule has 0 saturated heterocycles. The van der Waals surface area contributed by atoms with E-state index in [0.29, 0.717) is 46.2 Å². The van der Waals surface area contributed by atoms with Gasteiger partial charge in [-0.2, -0.15) is 0 Å². The first-order valence-electron chi connectivity index (χ1n) is 15.5. The molecule has 7 heteroatoms. The molecule has 0 spiro atoms. The number of rotatable bonds is 21. The highest BCUT2D eigenvalue weighted by molar-refractivity contribution is 5.16. The Bertz CT molecular complexity index is 1240. The van der Waals surface area contributed by atoms with Crippen molar-refractivity contribution in [2.45, 2.75) is 56.4 Å². The topological polar surface area (TPSA) is 64.6 Å². The molecule has 0 N–H and O–H groups in total. The third-order valence-corrected chi connectivity index (χ3v) is 7.39. The van der Waals surface area contributed by atoms with Crippen molar-refractivity contribution >= 4 is 0 Å². The fourth-order valence-corrected chi connectivity index (χ4v) is 5.33. The van der Waals surface area contributed by atoms with Gasteiger partial charge in [-0.25, -0.2) is 0 Å². The van der Waals surface area contributed by atoms with Gasteiger partial charge in [0.05, 0.1) is 52.9 Å². The Balaban J connectivity index is 1.71. The molecule has 0 aromatic heterocycles. The zero-order valence-corrected chi connectivity index (χ0v) is 26.0. The zero-order valence-electron chi connectivity index (χ0n) is 26.0. The van der Waals surface area contributed by atoms with Gasteiger partial charge >= 0.3 is 0 Å². The Hall–Kier alpha value is -3.40. The van der Waals surface area contributed by atoms with Crippen LogP contribution < -0.4 is 0 Å². The van der Waals surface area contributed by atoms with Crippen molar-refractivity contribution in [3.63, 3.8) is 0 Å². The SMILES string of the molecule is C=CCOCCO[C@H]1[C@H](OCC=C)[C@@H](OCc2ccccc2)[C@H](OCC=C)[C@H](OCc2ccccc2)[C@@H]1OCc1ccccc1. The van der Waals surface area contributed by atoms with E-state index in [1.54, 1.807) is 18.2 Å². The Labute approximate surface area is 268 Å². The van der Waals surface area contributed by atoms with E-state index in [0.717, 1.165) is 16.7 Å². The molecule has 0 radical (unpaired) electrons. The number of benzene rings is 3. The van der Waals surface area contributed by atoms with E-state index < -0.39 is 36.6 Å². The summed E-state index contributed by atoms with van der Waals surface area (Å²) in [5, 5.41) is 0. The predicted octanol–water partition coefficient (Wildman–Crippen LogP) is 6.49. The fourth-order valence-electron chi connectivity index (χ4n) is 5.33. The van der Waals surface area contributed by atoms with Crippen molar-refractivity contribution in [1.29, 1.82) is 0 Å². The van der Waals surface area contributed by atoms with Crippen molar-refractivity contribution in [3.05, 3.63) is 146 Å². The number of ether oxygens (including phenoxy) is 7. The fraction of sp³-hybridized carbons (Fsp3) is 0.368. The minimum atomic E-state index is -0.578. The molecule has 240 valence electrons. The molecule has 4 rings (SSSR count). The lowest BCUT2D eigenvalue weighted by molar-refractivity contribution is -0.285. The van der Waals surface area contributed by atoms with Gasteiger partial charge < -0.3 is 33.2 Å². The van der Waals surface area contributed by atoms with Crippen LogP contribution >= 0.6 is 0 Å². The third-order valence-electron chi connectivity index (χ3n) is 7.39. The zero-order chi connectivity index (χ0) is 31.5. The monoisotopic (exact) mass is 614 g/mol. The quantitative estimate of drug-likeness (QED) is 0.100. The largest absolute Gasteiger partial charge is 0.375 e. The summed E-state index contributed by atoms with van der Waals surface area (Å²) in [4.78, 5) is 0. The van der Waals surface area contributed by atoms with Crippen LogP contribution in [0.3, 0.4) is 0 Å². The minimum Gasteiger partial charge on any atom is -0.375 e. The second kappa shape index (κ2) is 19.9. The summed E-state index contributed by atoms with van der Waals surface area (Å²) in [5.74, 6) is 0. The van der Waals surface area contributed by atoms with Gasteiger partial charge in [0, 0.05) is 0 Å². The van der Waals surface area contributed by atoms with E-state index in [4.69, 9.17) is 33.2 Å². The van der Waals surface area contributed by atoms with Gasteiger partial charge in [-0.3, -0.25) is 0 Å². The van der Waals surface area contributed by atoms with Crippen LogP contribution in [0.5, 0.6) is 0 Å². The summed E-state index contributed by atoms with van der Waals surface area (Å²) in [6, 6.07) is 30.1. The van der Waals surface area contributed by atoms with Gasteiger partial charge in [0.15, 0.2) is 0 Å². The summed E-state index contributed by atoms with van der Waals surface area (Å²) >= 11 is 0. The number of hydrogen-bond donors (Lipinski definition) is 0. The van der Waals surface area contributed by atoms with E-state index >= 15 is 0 Å². The van der Waals surface area contributed by atoms with Gasteiger partial charge in [-0.15, -0.1) is 19.7 Å². The smallest absolute Gasteiger partial charge is 0.116 e. The van der Waals surface area contributed by atoms with Gasteiger partial charge in [0.25, 0.3) is 0 Å². The van der Waals surface area contributed by atoms with Gasteiger partial charge in [-0.05, 0) is 16.7 Å². The van der Waals surface area contributed by atoms with E-state index in [-0.39, 0.29) is 6.61 Å². The van der Waals surface area contributed by atoms with Crippen molar-refractivity contribution < 1.29 is 33.2 Å². The highest BCUT2D eigenvalue weighted by atomic mass is 16.6. The number of hydrogen-bond acceptors (Lipinski definition) is 7. The van der Waals surface area contributed by atoms with Crippen molar-refractivity contribution in [3.8, 4) is 0 Å². The standard InChI is InChI=1S/C38H46O7/c1-4-22-39-25-26-42-34-33(40-23-5-2)36(43-27-30-16-10-7-11-17-30)35(41-24-6-3)38(45-29-32-20-14-9-15-21-32)37(34)44-28-31-18-12-8-13-19-31/h4-21,33-38H,1-3,22-29H2/t33-,34-,35-,36+,37+,38-/m0/s1. The van der Waals surface area contributed by atoms with Crippen molar-refractivity contribution in [2.75, 3.05) is 33.0 Å². The molecule has 0 heterocycles. The molecular formula is C38H46O7. The van der Waals surface area contributed by atoms with E-state index in [2.05, 4.69) is 19.7 Å². The third kappa shape index (κ3) is 10.9. The summed E-state index contributed by atoms with van der Waals surface area (Å²) in [5.41, 5.74) is 3.09. The van der Waals surface area contributed by atoms with Crippen LogP contribution in [0, 0.1) is 0 Å². The maximum Gasteiger partial charge on any atom is 0.116 e. The van der Waals surface area contributed by atoms with Crippen molar-refractivity contribution in [1.82, 2.24) is 0 Å².